The van der Waals surface area contributed by atoms with E-state index in [1.54, 1.807) is 29.0 Å². The standard InChI is InChI=1S/C13H16N4O/c1-16-8-12(15-9-16)13(18)17(2)7-10-3-5-11(14)6-4-10/h3-6,8-9H,7,14H2,1-2H3. The van der Waals surface area contributed by atoms with Crippen molar-refractivity contribution in [2.75, 3.05) is 12.8 Å². The van der Waals surface area contributed by atoms with Gasteiger partial charge in [-0.3, -0.25) is 4.79 Å². The van der Waals surface area contributed by atoms with E-state index in [-0.39, 0.29) is 5.91 Å². The van der Waals surface area contributed by atoms with Gasteiger partial charge in [0.25, 0.3) is 5.91 Å². The van der Waals surface area contributed by atoms with Crippen LogP contribution in [0.4, 0.5) is 5.69 Å². The molecule has 0 aliphatic carbocycles. The smallest absolute Gasteiger partial charge is 0.274 e. The lowest BCUT2D eigenvalue weighted by molar-refractivity contribution is 0.0780. The third kappa shape index (κ3) is 2.68. The molecule has 5 nitrogen and oxygen atoms in total. The van der Waals surface area contributed by atoms with Gasteiger partial charge in [-0.05, 0) is 17.7 Å². The highest BCUT2D eigenvalue weighted by atomic mass is 16.2. The Morgan fingerprint density at radius 1 is 1.39 bits per heavy atom. The summed E-state index contributed by atoms with van der Waals surface area (Å²) < 4.78 is 1.75. The largest absolute Gasteiger partial charge is 0.399 e. The van der Waals surface area contributed by atoms with Gasteiger partial charge in [0.05, 0.1) is 6.33 Å². The van der Waals surface area contributed by atoms with Gasteiger partial charge in [0, 0.05) is 32.5 Å². The van der Waals surface area contributed by atoms with Crippen molar-refractivity contribution >= 4 is 11.6 Å². The maximum Gasteiger partial charge on any atom is 0.274 e. The number of nitrogens with two attached hydrogens (primary N) is 1. The summed E-state index contributed by atoms with van der Waals surface area (Å²) in [5, 5.41) is 0. The summed E-state index contributed by atoms with van der Waals surface area (Å²) in [5.74, 6) is -0.0903. The van der Waals surface area contributed by atoms with E-state index in [9.17, 15) is 4.79 Å². The second kappa shape index (κ2) is 4.91. The predicted molar refractivity (Wildman–Crippen MR) is 69.9 cm³/mol. The van der Waals surface area contributed by atoms with Gasteiger partial charge in [-0.2, -0.15) is 0 Å². The van der Waals surface area contributed by atoms with Gasteiger partial charge in [0.2, 0.25) is 0 Å². The Morgan fingerprint density at radius 3 is 2.61 bits per heavy atom. The van der Waals surface area contributed by atoms with Crippen molar-refractivity contribution in [3.63, 3.8) is 0 Å². The molecule has 0 aliphatic heterocycles. The van der Waals surface area contributed by atoms with E-state index >= 15 is 0 Å². The lowest BCUT2D eigenvalue weighted by atomic mass is 10.2. The van der Waals surface area contributed by atoms with Crippen LogP contribution in [0.5, 0.6) is 0 Å². The summed E-state index contributed by atoms with van der Waals surface area (Å²) in [5.41, 5.74) is 7.83. The van der Waals surface area contributed by atoms with E-state index in [0.717, 1.165) is 11.3 Å². The number of aryl methyl sites for hydroxylation is 1. The predicted octanol–water partition coefficient (Wildman–Crippen LogP) is 1.27. The molecule has 1 heterocycles. The quantitative estimate of drug-likeness (QED) is 0.827. The van der Waals surface area contributed by atoms with Gasteiger partial charge in [0.1, 0.15) is 5.69 Å². The monoisotopic (exact) mass is 244 g/mol. The highest BCUT2D eigenvalue weighted by molar-refractivity contribution is 5.91. The first-order valence-electron chi connectivity index (χ1n) is 5.64. The molecule has 0 spiro atoms. The van der Waals surface area contributed by atoms with Crippen LogP contribution < -0.4 is 5.73 Å². The van der Waals surface area contributed by atoms with Gasteiger partial charge in [-0.25, -0.2) is 4.98 Å². The zero-order valence-corrected chi connectivity index (χ0v) is 10.5. The molecule has 0 saturated heterocycles. The number of carbonyl (C=O) groups excluding carboxylic acids is 1. The summed E-state index contributed by atoms with van der Waals surface area (Å²) in [4.78, 5) is 17.7. The van der Waals surface area contributed by atoms with Crippen LogP contribution in [0.1, 0.15) is 16.1 Å². The van der Waals surface area contributed by atoms with Crippen molar-refractivity contribution in [3.05, 3.63) is 48.0 Å². The zero-order valence-electron chi connectivity index (χ0n) is 10.5. The van der Waals surface area contributed by atoms with Crippen molar-refractivity contribution in [2.45, 2.75) is 6.54 Å². The van der Waals surface area contributed by atoms with Crippen LogP contribution in [-0.2, 0) is 13.6 Å². The molecule has 1 aromatic heterocycles. The molecule has 5 heteroatoms. The Bertz CT molecular complexity index is 544. The average molecular weight is 244 g/mol. The van der Waals surface area contributed by atoms with E-state index < -0.39 is 0 Å². The molecule has 94 valence electrons. The van der Waals surface area contributed by atoms with Crippen molar-refractivity contribution in [3.8, 4) is 0 Å². The first-order chi connectivity index (χ1) is 8.56. The van der Waals surface area contributed by atoms with Crippen LogP contribution in [0.3, 0.4) is 0 Å². The van der Waals surface area contributed by atoms with Gasteiger partial charge >= 0.3 is 0 Å². The molecule has 0 atom stereocenters. The second-order valence-electron chi connectivity index (χ2n) is 4.33. The van der Waals surface area contributed by atoms with E-state index in [2.05, 4.69) is 4.98 Å². The number of carbonyl (C=O) groups is 1. The van der Waals surface area contributed by atoms with Crippen LogP contribution in [-0.4, -0.2) is 27.4 Å². The fourth-order valence-corrected chi connectivity index (χ4v) is 1.69. The second-order valence-corrected chi connectivity index (χ2v) is 4.33. The molecule has 0 unspecified atom stereocenters. The van der Waals surface area contributed by atoms with Crippen LogP contribution >= 0.6 is 0 Å². The molecule has 0 radical (unpaired) electrons. The molecule has 2 aromatic rings. The minimum absolute atomic E-state index is 0.0903. The highest BCUT2D eigenvalue weighted by Gasteiger charge is 2.14. The van der Waals surface area contributed by atoms with Gasteiger partial charge in [-0.15, -0.1) is 0 Å². The third-order valence-electron chi connectivity index (χ3n) is 2.67. The number of anilines is 1. The van der Waals surface area contributed by atoms with Crippen LogP contribution in [0, 0.1) is 0 Å². The van der Waals surface area contributed by atoms with Crippen LogP contribution in [0.25, 0.3) is 0 Å². The minimum atomic E-state index is -0.0903. The highest BCUT2D eigenvalue weighted by Crippen LogP contribution is 2.09. The average Bonchev–Trinajstić information content (AvgIpc) is 2.78. The number of hydrogen-bond acceptors (Lipinski definition) is 3. The normalized spacial score (nSPS) is 10.3. The Labute approximate surface area is 106 Å². The first kappa shape index (κ1) is 12.2. The third-order valence-corrected chi connectivity index (χ3v) is 2.67. The van der Waals surface area contributed by atoms with E-state index in [1.165, 1.54) is 0 Å². The molecule has 0 saturated carbocycles. The molecular weight excluding hydrogens is 228 g/mol. The molecular formula is C13H16N4O. The van der Waals surface area contributed by atoms with E-state index in [4.69, 9.17) is 5.73 Å². The number of aromatic nitrogens is 2. The van der Waals surface area contributed by atoms with Gasteiger partial charge in [0.15, 0.2) is 0 Å². The number of nitrogens with zero attached hydrogens (tertiary/aromatic N) is 3. The van der Waals surface area contributed by atoms with Crippen molar-refractivity contribution in [2.24, 2.45) is 7.05 Å². The fraction of sp³-hybridized carbons (Fsp3) is 0.231. The number of imidazole rings is 1. The Morgan fingerprint density at radius 2 is 2.06 bits per heavy atom. The summed E-state index contributed by atoms with van der Waals surface area (Å²) in [6, 6.07) is 7.48. The summed E-state index contributed by atoms with van der Waals surface area (Å²) in [6.07, 6.45) is 3.33. The lowest BCUT2D eigenvalue weighted by Gasteiger charge is -2.16. The Kier molecular flexibility index (Phi) is 3.32. The SMILES string of the molecule is CN(Cc1ccc(N)cc1)C(=O)c1cn(C)cn1. The van der Waals surface area contributed by atoms with Crippen molar-refractivity contribution < 1.29 is 4.79 Å². The lowest BCUT2D eigenvalue weighted by Crippen LogP contribution is -2.26. The van der Waals surface area contributed by atoms with Gasteiger partial charge in [-0.1, -0.05) is 12.1 Å². The fourth-order valence-electron chi connectivity index (χ4n) is 1.69. The Balaban J connectivity index is 2.05. The molecule has 2 rings (SSSR count). The maximum atomic E-state index is 12.1. The molecule has 0 bridgehead atoms. The Hall–Kier alpha value is -2.30. The molecule has 0 fully saturated rings. The molecule has 2 N–H and O–H groups in total. The zero-order chi connectivity index (χ0) is 13.1. The number of hydrogen-bond donors (Lipinski definition) is 1. The number of amides is 1. The molecule has 0 aliphatic rings. The summed E-state index contributed by atoms with van der Waals surface area (Å²) >= 11 is 0. The minimum Gasteiger partial charge on any atom is -0.399 e. The van der Waals surface area contributed by atoms with E-state index in [0.29, 0.717) is 12.2 Å². The van der Waals surface area contributed by atoms with Gasteiger partial charge < -0.3 is 15.2 Å². The maximum absolute atomic E-state index is 12.1. The molecule has 1 amide bonds. The van der Waals surface area contributed by atoms with Crippen molar-refractivity contribution in [1.29, 1.82) is 0 Å². The van der Waals surface area contributed by atoms with Crippen LogP contribution in [0.15, 0.2) is 36.8 Å². The molecule has 1 aromatic carbocycles. The van der Waals surface area contributed by atoms with E-state index in [1.807, 2.05) is 31.3 Å². The number of nitrogen functional groups attached to an aromatic ring is 1. The summed E-state index contributed by atoms with van der Waals surface area (Å²) in [7, 11) is 3.59. The number of benzene rings is 1. The summed E-state index contributed by atoms with van der Waals surface area (Å²) in [6.45, 7) is 0.537. The number of rotatable bonds is 3. The van der Waals surface area contributed by atoms with Crippen LogP contribution in [0.2, 0.25) is 0 Å². The van der Waals surface area contributed by atoms with Crippen molar-refractivity contribution in [1.82, 2.24) is 14.5 Å². The molecule has 18 heavy (non-hydrogen) atoms. The topological polar surface area (TPSA) is 64.2 Å². The first-order valence-corrected chi connectivity index (χ1v) is 5.64.